The summed E-state index contributed by atoms with van der Waals surface area (Å²) in [4.78, 5) is 4.21. The highest BCUT2D eigenvalue weighted by molar-refractivity contribution is 4.96. The predicted molar refractivity (Wildman–Crippen MR) is 28.3 cm³/mol. The fraction of sp³-hybridized carbons (Fsp3) is 1.00. The molecule has 0 aliphatic heterocycles. The highest BCUT2D eigenvalue weighted by Crippen LogP contribution is 2.52. The van der Waals surface area contributed by atoms with E-state index in [1.165, 1.54) is 6.42 Å². The van der Waals surface area contributed by atoms with E-state index in [0.717, 1.165) is 24.7 Å². The molecular formula is C6H10O2. The minimum atomic E-state index is 0.179. The maximum absolute atomic E-state index is 8.20. The fourth-order valence-corrected chi connectivity index (χ4v) is 1.75. The molecular weight excluding hydrogens is 104 g/mol. The molecule has 2 aliphatic rings. The molecule has 0 radical (unpaired) electrons. The Morgan fingerprint density at radius 3 is 2.12 bits per heavy atom. The topological polar surface area (TPSA) is 29.5 Å². The first-order valence-corrected chi connectivity index (χ1v) is 3.20. The first-order chi connectivity index (χ1) is 3.90. The van der Waals surface area contributed by atoms with Gasteiger partial charge in [-0.1, -0.05) is 0 Å². The van der Waals surface area contributed by atoms with Crippen molar-refractivity contribution in [2.24, 2.45) is 11.8 Å². The largest absolute Gasteiger partial charge is 0.252 e. The molecule has 0 aromatic carbocycles. The third kappa shape index (κ3) is 0.565. The normalized spacial score (nSPS) is 51.4. The third-order valence-corrected chi connectivity index (χ3v) is 2.35. The zero-order chi connectivity index (χ0) is 5.56. The van der Waals surface area contributed by atoms with E-state index in [1.54, 1.807) is 0 Å². The van der Waals surface area contributed by atoms with E-state index in [-0.39, 0.29) is 6.10 Å². The van der Waals surface area contributed by atoms with Crippen LogP contribution in [-0.4, -0.2) is 11.4 Å². The smallest absolute Gasteiger partial charge is 0.0932 e. The molecule has 0 amide bonds. The summed E-state index contributed by atoms with van der Waals surface area (Å²) in [6.07, 6.45) is 3.76. The van der Waals surface area contributed by atoms with E-state index in [4.69, 9.17) is 5.26 Å². The van der Waals surface area contributed by atoms with Gasteiger partial charge in [0.15, 0.2) is 0 Å². The van der Waals surface area contributed by atoms with Crippen molar-refractivity contribution in [2.45, 2.75) is 25.4 Å². The molecule has 2 nitrogen and oxygen atoms in total. The summed E-state index contributed by atoms with van der Waals surface area (Å²) in [6, 6.07) is 0. The van der Waals surface area contributed by atoms with Crippen LogP contribution >= 0.6 is 0 Å². The molecule has 3 atom stereocenters. The number of fused-ring (bicyclic) bond motifs is 1. The van der Waals surface area contributed by atoms with E-state index < -0.39 is 0 Å². The number of rotatable bonds is 1. The summed E-state index contributed by atoms with van der Waals surface area (Å²) in [5, 5.41) is 8.20. The second-order valence-corrected chi connectivity index (χ2v) is 2.95. The van der Waals surface area contributed by atoms with Crippen LogP contribution in [-0.2, 0) is 4.89 Å². The quantitative estimate of drug-likeness (QED) is 0.411. The van der Waals surface area contributed by atoms with Crippen molar-refractivity contribution < 1.29 is 10.1 Å². The lowest BCUT2D eigenvalue weighted by atomic mass is 10.2. The average Bonchev–Trinajstić information content (AvgIpc) is 2.40. The van der Waals surface area contributed by atoms with Crippen LogP contribution in [0.3, 0.4) is 0 Å². The Balaban J connectivity index is 1.89. The molecule has 1 N–H and O–H groups in total. The zero-order valence-electron chi connectivity index (χ0n) is 4.71. The van der Waals surface area contributed by atoms with Crippen molar-refractivity contribution >= 4 is 0 Å². The van der Waals surface area contributed by atoms with E-state index in [9.17, 15) is 0 Å². The van der Waals surface area contributed by atoms with Crippen LogP contribution in [0, 0.1) is 11.8 Å². The van der Waals surface area contributed by atoms with E-state index in [2.05, 4.69) is 4.89 Å². The van der Waals surface area contributed by atoms with Gasteiger partial charge in [0.1, 0.15) is 0 Å². The zero-order valence-corrected chi connectivity index (χ0v) is 4.71. The summed E-state index contributed by atoms with van der Waals surface area (Å²) < 4.78 is 0. The molecule has 2 rings (SSSR count). The second-order valence-electron chi connectivity index (χ2n) is 2.95. The molecule has 1 unspecified atom stereocenters. The number of hydrogen-bond acceptors (Lipinski definition) is 2. The van der Waals surface area contributed by atoms with Crippen molar-refractivity contribution in [2.75, 3.05) is 0 Å². The highest BCUT2D eigenvalue weighted by atomic mass is 17.1. The highest BCUT2D eigenvalue weighted by Gasteiger charge is 2.46. The molecule has 0 spiro atoms. The molecule has 2 fully saturated rings. The molecule has 0 aromatic heterocycles. The molecule has 0 saturated heterocycles. The Morgan fingerprint density at radius 1 is 1.12 bits per heavy atom. The Kier molecular flexibility index (Phi) is 0.866. The first kappa shape index (κ1) is 4.77. The van der Waals surface area contributed by atoms with Crippen LogP contribution in [0.2, 0.25) is 0 Å². The van der Waals surface area contributed by atoms with Crippen molar-refractivity contribution in [1.29, 1.82) is 0 Å². The third-order valence-electron chi connectivity index (χ3n) is 2.35. The molecule has 8 heavy (non-hydrogen) atoms. The van der Waals surface area contributed by atoms with Crippen molar-refractivity contribution in [3.63, 3.8) is 0 Å². The van der Waals surface area contributed by atoms with Crippen LogP contribution < -0.4 is 0 Å². The lowest BCUT2D eigenvalue weighted by Crippen LogP contribution is -2.06. The summed E-state index contributed by atoms with van der Waals surface area (Å²) >= 11 is 0. The Bertz CT molecular complexity index is 92.7. The standard InChI is InChI=1S/C6H10O2/c7-8-6-2-4-1-5(4)3-6/h4-7H,1-3H2/t4-,5+,6?. The van der Waals surface area contributed by atoms with Crippen LogP contribution in [0.1, 0.15) is 19.3 Å². The molecule has 0 aromatic rings. The van der Waals surface area contributed by atoms with Gasteiger partial charge in [-0.05, 0) is 31.1 Å². The van der Waals surface area contributed by atoms with E-state index in [0.29, 0.717) is 0 Å². The average molecular weight is 114 g/mol. The van der Waals surface area contributed by atoms with Gasteiger partial charge in [0.2, 0.25) is 0 Å². The minimum Gasteiger partial charge on any atom is -0.252 e. The minimum absolute atomic E-state index is 0.179. The van der Waals surface area contributed by atoms with Gasteiger partial charge in [-0.3, -0.25) is 5.26 Å². The van der Waals surface area contributed by atoms with Crippen molar-refractivity contribution in [1.82, 2.24) is 0 Å². The maximum Gasteiger partial charge on any atom is 0.0932 e. The molecule has 2 aliphatic carbocycles. The maximum atomic E-state index is 8.20. The van der Waals surface area contributed by atoms with Crippen LogP contribution in [0.25, 0.3) is 0 Å². The summed E-state index contributed by atoms with van der Waals surface area (Å²) in [6.45, 7) is 0. The van der Waals surface area contributed by atoms with Gasteiger partial charge < -0.3 is 0 Å². The summed E-state index contributed by atoms with van der Waals surface area (Å²) in [5.74, 6) is 1.82. The SMILES string of the molecule is OOC1C[C@@H]2C[C@@H]2C1. The van der Waals surface area contributed by atoms with Gasteiger partial charge in [0, 0.05) is 0 Å². The van der Waals surface area contributed by atoms with Crippen molar-refractivity contribution in [3.05, 3.63) is 0 Å². The molecule has 0 heterocycles. The second kappa shape index (κ2) is 1.45. The monoisotopic (exact) mass is 114 g/mol. The van der Waals surface area contributed by atoms with E-state index in [1.807, 2.05) is 0 Å². The van der Waals surface area contributed by atoms with Gasteiger partial charge in [-0.15, -0.1) is 0 Å². The first-order valence-electron chi connectivity index (χ1n) is 3.20. The molecule has 46 valence electrons. The van der Waals surface area contributed by atoms with Gasteiger partial charge in [0.25, 0.3) is 0 Å². The Hall–Kier alpha value is -0.0800. The molecule has 0 bridgehead atoms. The van der Waals surface area contributed by atoms with Gasteiger partial charge in [-0.2, -0.15) is 0 Å². The van der Waals surface area contributed by atoms with Crippen LogP contribution in [0.15, 0.2) is 0 Å². The van der Waals surface area contributed by atoms with Gasteiger partial charge >= 0.3 is 0 Å². The lowest BCUT2D eigenvalue weighted by Gasteiger charge is -2.03. The van der Waals surface area contributed by atoms with Crippen molar-refractivity contribution in [3.8, 4) is 0 Å². The Labute approximate surface area is 48.4 Å². The Morgan fingerprint density at radius 2 is 1.75 bits per heavy atom. The fourth-order valence-electron chi connectivity index (χ4n) is 1.75. The predicted octanol–water partition coefficient (Wildman–Crippen LogP) is 1.27. The summed E-state index contributed by atoms with van der Waals surface area (Å²) in [7, 11) is 0. The van der Waals surface area contributed by atoms with Gasteiger partial charge in [-0.25, -0.2) is 4.89 Å². The van der Waals surface area contributed by atoms with Crippen LogP contribution in [0.5, 0.6) is 0 Å². The molecule has 2 saturated carbocycles. The van der Waals surface area contributed by atoms with Gasteiger partial charge in [0.05, 0.1) is 6.10 Å². The lowest BCUT2D eigenvalue weighted by molar-refractivity contribution is -0.278. The molecule has 2 heteroatoms. The van der Waals surface area contributed by atoms with E-state index >= 15 is 0 Å². The van der Waals surface area contributed by atoms with Crippen LogP contribution in [0.4, 0.5) is 0 Å². The summed E-state index contributed by atoms with van der Waals surface area (Å²) in [5.41, 5.74) is 0. The number of hydrogen-bond donors (Lipinski definition) is 1.